The monoisotopic (exact) mass is 385 g/mol. The van der Waals surface area contributed by atoms with Crippen molar-refractivity contribution in [3.8, 4) is 11.3 Å². The summed E-state index contributed by atoms with van der Waals surface area (Å²) in [5.74, 6) is 0. The molecule has 3 nitrogen and oxygen atoms in total. The number of thiazole rings is 1. The molecule has 0 fully saturated rings. The summed E-state index contributed by atoms with van der Waals surface area (Å²) in [6, 6.07) is 18.0. The fourth-order valence-corrected chi connectivity index (χ4v) is 6.00. The molecule has 28 heavy (non-hydrogen) atoms. The van der Waals surface area contributed by atoms with E-state index in [4.69, 9.17) is 4.98 Å². The van der Waals surface area contributed by atoms with Gasteiger partial charge in [0, 0.05) is 40.6 Å². The zero-order chi connectivity index (χ0) is 18.7. The molecule has 0 spiro atoms. The van der Waals surface area contributed by atoms with Gasteiger partial charge in [-0.15, -0.1) is 11.3 Å². The second-order valence-corrected chi connectivity index (χ2v) is 8.86. The SMILES string of the molecule is Cc1ccc2c(c1)c1c3n2CCN(c2nc(-c4ccccc4)cs2)[C@@H]3CCC1. The zero-order valence-corrected chi connectivity index (χ0v) is 16.9. The van der Waals surface area contributed by atoms with E-state index in [-0.39, 0.29) is 0 Å². The first-order valence-corrected chi connectivity index (χ1v) is 11.1. The Labute approximate surface area is 169 Å². The van der Waals surface area contributed by atoms with Crippen LogP contribution in [0, 0.1) is 6.92 Å². The minimum absolute atomic E-state index is 0.458. The molecule has 0 N–H and O–H groups in total. The van der Waals surface area contributed by atoms with Gasteiger partial charge in [-0.2, -0.15) is 0 Å². The Bertz CT molecular complexity index is 1170. The third-order valence-electron chi connectivity index (χ3n) is 6.34. The van der Waals surface area contributed by atoms with Crippen molar-refractivity contribution in [2.75, 3.05) is 11.4 Å². The van der Waals surface area contributed by atoms with Gasteiger partial charge in [-0.1, -0.05) is 42.0 Å². The molecule has 0 saturated carbocycles. The van der Waals surface area contributed by atoms with Crippen molar-refractivity contribution in [2.45, 2.75) is 38.8 Å². The van der Waals surface area contributed by atoms with Crippen molar-refractivity contribution in [3.05, 3.63) is 70.7 Å². The summed E-state index contributed by atoms with van der Waals surface area (Å²) in [6.45, 7) is 4.29. The molecule has 0 unspecified atom stereocenters. The Morgan fingerprint density at radius 3 is 2.86 bits per heavy atom. The van der Waals surface area contributed by atoms with E-state index in [0.29, 0.717) is 6.04 Å². The summed E-state index contributed by atoms with van der Waals surface area (Å²) >= 11 is 1.79. The molecule has 1 atom stereocenters. The highest BCUT2D eigenvalue weighted by molar-refractivity contribution is 7.14. The molecule has 2 aromatic heterocycles. The number of hydrogen-bond donors (Lipinski definition) is 0. The number of fused-ring (bicyclic) bond motifs is 3. The largest absolute Gasteiger partial charge is 0.341 e. The Morgan fingerprint density at radius 1 is 1.07 bits per heavy atom. The first-order valence-electron chi connectivity index (χ1n) is 10.2. The van der Waals surface area contributed by atoms with Gasteiger partial charge in [0.2, 0.25) is 0 Å². The second kappa shape index (κ2) is 6.21. The molecule has 3 heterocycles. The van der Waals surface area contributed by atoms with Crippen molar-refractivity contribution < 1.29 is 0 Å². The summed E-state index contributed by atoms with van der Waals surface area (Å²) in [5, 5.41) is 4.86. The standard InChI is InChI=1S/C24H23N3S/c1-16-10-11-21-19(14-16)18-8-5-9-22-23(18)26(21)12-13-27(22)24-25-20(15-28-24)17-6-3-2-4-7-17/h2-4,6-7,10-11,14-15,22H,5,8-9,12-13H2,1H3/t22-/m1/s1. The number of aromatic nitrogens is 2. The van der Waals surface area contributed by atoms with E-state index in [9.17, 15) is 0 Å². The maximum Gasteiger partial charge on any atom is 0.186 e. The lowest BCUT2D eigenvalue weighted by Gasteiger charge is -2.39. The first kappa shape index (κ1) is 16.4. The average molecular weight is 386 g/mol. The number of hydrogen-bond acceptors (Lipinski definition) is 3. The van der Waals surface area contributed by atoms with Crippen LogP contribution in [-0.2, 0) is 13.0 Å². The maximum atomic E-state index is 5.03. The highest BCUT2D eigenvalue weighted by Crippen LogP contribution is 2.45. The minimum atomic E-state index is 0.458. The van der Waals surface area contributed by atoms with Crippen molar-refractivity contribution in [2.24, 2.45) is 0 Å². The quantitative estimate of drug-likeness (QED) is 0.424. The highest BCUT2D eigenvalue weighted by Gasteiger charge is 2.36. The molecular weight excluding hydrogens is 362 g/mol. The zero-order valence-electron chi connectivity index (χ0n) is 16.1. The molecule has 0 bridgehead atoms. The van der Waals surface area contributed by atoms with Gasteiger partial charge in [0.15, 0.2) is 5.13 Å². The third-order valence-corrected chi connectivity index (χ3v) is 7.21. The predicted molar refractivity (Wildman–Crippen MR) is 117 cm³/mol. The van der Waals surface area contributed by atoms with Crippen LogP contribution in [0.1, 0.15) is 35.7 Å². The highest BCUT2D eigenvalue weighted by atomic mass is 32.1. The van der Waals surface area contributed by atoms with Gasteiger partial charge in [0.25, 0.3) is 0 Å². The van der Waals surface area contributed by atoms with Crippen molar-refractivity contribution in [1.82, 2.24) is 9.55 Å². The lowest BCUT2D eigenvalue weighted by atomic mass is 9.90. The van der Waals surface area contributed by atoms with Crippen LogP contribution >= 0.6 is 11.3 Å². The third kappa shape index (κ3) is 2.37. The molecule has 140 valence electrons. The summed E-state index contributed by atoms with van der Waals surface area (Å²) in [4.78, 5) is 7.60. The van der Waals surface area contributed by atoms with Gasteiger partial charge in [0.1, 0.15) is 0 Å². The number of benzene rings is 2. The van der Waals surface area contributed by atoms with E-state index in [1.807, 2.05) is 0 Å². The van der Waals surface area contributed by atoms with Crippen LogP contribution in [0.3, 0.4) is 0 Å². The fraction of sp³-hybridized carbons (Fsp3) is 0.292. The van der Waals surface area contributed by atoms with E-state index in [1.165, 1.54) is 46.4 Å². The molecule has 4 aromatic rings. The van der Waals surface area contributed by atoms with Crippen LogP contribution in [0.15, 0.2) is 53.9 Å². The Balaban J connectivity index is 1.44. The topological polar surface area (TPSA) is 21.1 Å². The Kier molecular flexibility index (Phi) is 3.63. The van der Waals surface area contributed by atoms with Crippen molar-refractivity contribution >= 4 is 27.4 Å². The van der Waals surface area contributed by atoms with Gasteiger partial charge in [-0.05, 0) is 43.9 Å². The maximum absolute atomic E-state index is 5.03. The number of aryl methyl sites for hydroxylation is 2. The summed E-state index contributed by atoms with van der Waals surface area (Å²) in [5.41, 5.74) is 8.22. The molecular formula is C24H23N3S. The number of nitrogens with zero attached hydrogens (tertiary/aromatic N) is 3. The molecule has 1 aliphatic carbocycles. The van der Waals surface area contributed by atoms with Crippen molar-refractivity contribution in [1.29, 1.82) is 0 Å². The van der Waals surface area contributed by atoms with Gasteiger partial charge in [-0.3, -0.25) is 0 Å². The first-order chi connectivity index (χ1) is 13.8. The van der Waals surface area contributed by atoms with Crippen molar-refractivity contribution in [3.63, 3.8) is 0 Å². The molecule has 0 saturated heterocycles. The summed E-state index contributed by atoms with van der Waals surface area (Å²) < 4.78 is 2.59. The van der Waals surface area contributed by atoms with E-state index < -0.39 is 0 Å². The molecule has 0 amide bonds. The second-order valence-electron chi connectivity index (χ2n) is 8.02. The van der Waals surface area contributed by atoms with E-state index in [1.54, 1.807) is 22.6 Å². The lowest BCUT2D eigenvalue weighted by Crippen LogP contribution is -2.39. The van der Waals surface area contributed by atoms with E-state index in [0.717, 1.165) is 18.8 Å². The molecule has 6 rings (SSSR count). The number of rotatable bonds is 2. The Morgan fingerprint density at radius 2 is 1.96 bits per heavy atom. The molecule has 1 aliphatic heterocycles. The van der Waals surface area contributed by atoms with Crippen LogP contribution in [0.25, 0.3) is 22.2 Å². The van der Waals surface area contributed by atoms with E-state index >= 15 is 0 Å². The van der Waals surface area contributed by atoms with Crippen LogP contribution in [0.4, 0.5) is 5.13 Å². The normalized spacial score (nSPS) is 18.5. The molecule has 2 aromatic carbocycles. The van der Waals surface area contributed by atoms with Crippen LogP contribution in [-0.4, -0.2) is 16.1 Å². The summed E-state index contributed by atoms with van der Waals surface area (Å²) in [7, 11) is 0. The van der Waals surface area contributed by atoms with E-state index in [2.05, 4.69) is 70.3 Å². The van der Waals surface area contributed by atoms with Gasteiger partial charge in [-0.25, -0.2) is 4.98 Å². The minimum Gasteiger partial charge on any atom is -0.341 e. The molecule has 2 aliphatic rings. The Hall–Kier alpha value is -2.59. The van der Waals surface area contributed by atoms with Gasteiger partial charge in [0.05, 0.1) is 11.7 Å². The van der Waals surface area contributed by atoms with Crippen LogP contribution in [0.5, 0.6) is 0 Å². The lowest BCUT2D eigenvalue weighted by molar-refractivity contribution is 0.437. The van der Waals surface area contributed by atoms with Gasteiger partial charge >= 0.3 is 0 Å². The summed E-state index contributed by atoms with van der Waals surface area (Å²) in [6.07, 6.45) is 3.69. The molecule has 4 heteroatoms. The fourth-order valence-electron chi connectivity index (χ4n) is 5.08. The van der Waals surface area contributed by atoms with Crippen LogP contribution in [0.2, 0.25) is 0 Å². The van der Waals surface area contributed by atoms with Crippen LogP contribution < -0.4 is 4.90 Å². The average Bonchev–Trinajstić information content (AvgIpc) is 3.34. The van der Waals surface area contributed by atoms with Gasteiger partial charge < -0.3 is 9.47 Å². The predicted octanol–water partition coefficient (Wildman–Crippen LogP) is 5.97. The number of anilines is 1. The smallest absolute Gasteiger partial charge is 0.186 e. The molecule has 0 radical (unpaired) electrons.